The third-order valence-electron chi connectivity index (χ3n) is 4.14. The Morgan fingerprint density at radius 1 is 1.19 bits per heavy atom. The van der Waals surface area contributed by atoms with Gasteiger partial charge >= 0.3 is 0 Å². The molecule has 0 atom stereocenters. The second-order valence-corrected chi connectivity index (χ2v) is 7.43. The van der Waals surface area contributed by atoms with Crippen LogP contribution in [0.5, 0.6) is 5.75 Å². The van der Waals surface area contributed by atoms with Crippen LogP contribution in [0.1, 0.15) is 16.8 Å². The van der Waals surface area contributed by atoms with E-state index >= 15 is 0 Å². The number of aromatic nitrogens is 1. The SMILES string of the molecule is COc1ccccc1C(=O)N(CCCN(C)C)c1nc2ccc(F)cc2s1. The first-order chi connectivity index (χ1) is 13.0. The highest BCUT2D eigenvalue weighted by molar-refractivity contribution is 7.22. The van der Waals surface area contributed by atoms with E-state index in [9.17, 15) is 9.18 Å². The zero-order chi connectivity index (χ0) is 19.4. The van der Waals surface area contributed by atoms with Gasteiger partial charge in [0.2, 0.25) is 0 Å². The smallest absolute Gasteiger partial charge is 0.263 e. The van der Waals surface area contributed by atoms with Crippen molar-refractivity contribution < 1.29 is 13.9 Å². The molecule has 3 aromatic rings. The van der Waals surface area contributed by atoms with Crippen LogP contribution in [0.15, 0.2) is 42.5 Å². The number of fused-ring (bicyclic) bond motifs is 1. The number of thiazole rings is 1. The molecular weight excluding hydrogens is 365 g/mol. The van der Waals surface area contributed by atoms with E-state index in [-0.39, 0.29) is 11.7 Å². The lowest BCUT2D eigenvalue weighted by Gasteiger charge is -2.22. The molecule has 1 amide bonds. The van der Waals surface area contributed by atoms with Crippen LogP contribution in [-0.4, -0.2) is 50.1 Å². The summed E-state index contributed by atoms with van der Waals surface area (Å²) in [5.41, 5.74) is 1.16. The second-order valence-electron chi connectivity index (χ2n) is 6.42. The molecule has 1 aromatic heterocycles. The van der Waals surface area contributed by atoms with Crippen LogP contribution in [0.4, 0.5) is 9.52 Å². The zero-order valence-corrected chi connectivity index (χ0v) is 16.4. The molecule has 27 heavy (non-hydrogen) atoms. The fraction of sp³-hybridized carbons (Fsp3) is 0.300. The van der Waals surface area contributed by atoms with Gasteiger partial charge in [0.1, 0.15) is 11.6 Å². The molecule has 3 rings (SSSR count). The maximum absolute atomic E-state index is 13.5. The molecule has 0 bridgehead atoms. The number of hydrogen-bond donors (Lipinski definition) is 0. The molecule has 0 saturated heterocycles. The van der Waals surface area contributed by atoms with Gasteiger partial charge in [-0.3, -0.25) is 9.69 Å². The van der Waals surface area contributed by atoms with Crippen molar-refractivity contribution in [1.29, 1.82) is 0 Å². The lowest BCUT2D eigenvalue weighted by atomic mass is 10.1. The lowest BCUT2D eigenvalue weighted by Crippen LogP contribution is -2.33. The van der Waals surface area contributed by atoms with E-state index in [0.29, 0.717) is 28.5 Å². The maximum Gasteiger partial charge on any atom is 0.263 e. The Morgan fingerprint density at radius 3 is 2.70 bits per heavy atom. The predicted molar refractivity (Wildman–Crippen MR) is 107 cm³/mol. The number of benzene rings is 2. The van der Waals surface area contributed by atoms with Crippen molar-refractivity contribution >= 4 is 32.6 Å². The van der Waals surface area contributed by atoms with Crippen molar-refractivity contribution in [3.05, 3.63) is 53.8 Å². The number of carbonyl (C=O) groups excluding carboxylic acids is 1. The Bertz CT molecular complexity index is 942. The minimum Gasteiger partial charge on any atom is -0.496 e. The summed E-state index contributed by atoms with van der Waals surface area (Å²) in [7, 11) is 5.53. The normalized spacial score (nSPS) is 11.1. The summed E-state index contributed by atoms with van der Waals surface area (Å²) in [5, 5.41) is 0.560. The minimum atomic E-state index is -0.312. The average Bonchev–Trinajstić information content (AvgIpc) is 3.07. The summed E-state index contributed by atoms with van der Waals surface area (Å²) < 4.78 is 19.6. The molecule has 142 valence electrons. The predicted octanol–water partition coefficient (Wildman–Crippen LogP) is 4.04. The summed E-state index contributed by atoms with van der Waals surface area (Å²) in [6.07, 6.45) is 0.790. The number of halogens is 1. The van der Waals surface area contributed by atoms with E-state index < -0.39 is 0 Å². The van der Waals surface area contributed by atoms with Crippen molar-refractivity contribution in [2.75, 3.05) is 39.2 Å². The third-order valence-corrected chi connectivity index (χ3v) is 5.18. The first-order valence-corrected chi connectivity index (χ1v) is 9.47. The molecule has 0 radical (unpaired) electrons. The molecule has 0 aliphatic carbocycles. The largest absolute Gasteiger partial charge is 0.496 e. The highest BCUT2D eigenvalue weighted by Crippen LogP contribution is 2.31. The Balaban J connectivity index is 1.97. The van der Waals surface area contributed by atoms with Gasteiger partial charge in [-0.25, -0.2) is 9.37 Å². The number of methoxy groups -OCH3 is 1. The number of rotatable bonds is 7. The van der Waals surface area contributed by atoms with Gasteiger partial charge in [-0.1, -0.05) is 23.5 Å². The van der Waals surface area contributed by atoms with E-state index in [0.717, 1.165) is 17.7 Å². The van der Waals surface area contributed by atoms with E-state index in [1.807, 2.05) is 26.2 Å². The van der Waals surface area contributed by atoms with Gasteiger partial charge in [-0.2, -0.15) is 0 Å². The van der Waals surface area contributed by atoms with Crippen molar-refractivity contribution in [3.63, 3.8) is 0 Å². The number of para-hydroxylation sites is 1. The molecule has 0 spiro atoms. The number of carbonyl (C=O) groups is 1. The average molecular weight is 387 g/mol. The maximum atomic E-state index is 13.5. The number of amides is 1. The number of anilines is 1. The van der Waals surface area contributed by atoms with Crippen LogP contribution in [0.3, 0.4) is 0 Å². The van der Waals surface area contributed by atoms with Crippen molar-refractivity contribution in [2.24, 2.45) is 0 Å². The van der Waals surface area contributed by atoms with Gasteiger partial charge in [0.15, 0.2) is 5.13 Å². The Hall–Kier alpha value is -2.51. The molecule has 1 heterocycles. The van der Waals surface area contributed by atoms with Gasteiger partial charge in [0, 0.05) is 6.54 Å². The standard InChI is InChI=1S/C20H22FN3O2S/c1-23(2)11-6-12-24(19(25)15-7-4-5-8-17(15)26-3)20-22-16-10-9-14(21)13-18(16)27-20/h4-5,7-10,13H,6,11-12H2,1-3H3. The summed E-state index contributed by atoms with van der Waals surface area (Å²) in [5.74, 6) is 0.0333. The molecule has 5 nitrogen and oxygen atoms in total. The van der Waals surface area contributed by atoms with Crippen LogP contribution in [-0.2, 0) is 0 Å². The summed E-state index contributed by atoms with van der Waals surface area (Å²) in [4.78, 5) is 21.6. The van der Waals surface area contributed by atoms with Crippen LogP contribution >= 0.6 is 11.3 Å². The fourth-order valence-electron chi connectivity index (χ4n) is 2.80. The molecule has 0 fully saturated rings. The number of ether oxygens (including phenoxy) is 1. The Morgan fingerprint density at radius 2 is 1.96 bits per heavy atom. The fourth-order valence-corrected chi connectivity index (χ4v) is 3.81. The van der Waals surface area contributed by atoms with Crippen molar-refractivity contribution in [1.82, 2.24) is 9.88 Å². The van der Waals surface area contributed by atoms with Crippen LogP contribution in [0, 0.1) is 5.82 Å². The summed E-state index contributed by atoms with van der Waals surface area (Å²) in [6.45, 7) is 1.35. The van der Waals surface area contributed by atoms with Gasteiger partial charge in [0.25, 0.3) is 5.91 Å². The van der Waals surface area contributed by atoms with Crippen LogP contribution in [0.25, 0.3) is 10.2 Å². The zero-order valence-electron chi connectivity index (χ0n) is 15.6. The van der Waals surface area contributed by atoms with Crippen LogP contribution in [0.2, 0.25) is 0 Å². The van der Waals surface area contributed by atoms with Crippen molar-refractivity contribution in [2.45, 2.75) is 6.42 Å². The van der Waals surface area contributed by atoms with Gasteiger partial charge in [-0.15, -0.1) is 0 Å². The highest BCUT2D eigenvalue weighted by atomic mass is 32.1. The monoisotopic (exact) mass is 387 g/mol. The van der Waals surface area contributed by atoms with Crippen LogP contribution < -0.4 is 9.64 Å². The topological polar surface area (TPSA) is 45.7 Å². The molecule has 0 aliphatic heterocycles. The molecule has 2 aromatic carbocycles. The van der Waals surface area contributed by atoms with Crippen molar-refractivity contribution in [3.8, 4) is 5.75 Å². The van der Waals surface area contributed by atoms with Gasteiger partial charge in [-0.05, 0) is 57.4 Å². The quantitative estimate of drug-likeness (QED) is 0.614. The minimum absolute atomic E-state index is 0.175. The van der Waals surface area contributed by atoms with E-state index in [1.165, 1.54) is 23.5 Å². The molecule has 0 saturated carbocycles. The summed E-state index contributed by atoms with van der Waals surface area (Å²) >= 11 is 1.31. The molecule has 0 N–H and O–H groups in total. The molecule has 7 heteroatoms. The summed E-state index contributed by atoms with van der Waals surface area (Å²) in [6, 6.07) is 11.6. The van der Waals surface area contributed by atoms with Gasteiger partial charge in [0.05, 0.1) is 22.9 Å². The molecular formula is C20H22FN3O2S. The van der Waals surface area contributed by atoms with E-state index in [2.05, 4.69) is 9.88 Å². The van der Waals surface area contributed by atoms with E-state index in [1.54, 1.807) is 30.2 Å². The highest BCUT2D eigenvalue weighted by Gasteiger charge is 2.23. The lowest BCUT2D eigenvalue weighted by molar-refractivity contribution is 0.0983. The Labute approximate surface area is 162 Å². The van der Waals surface area contributed by atoms with E-state index in [4.69, 9.17) is 4.74 Å². The first-order valence-electron chi connectivity index (χ1n) is 8.65. The first kappa shape index (κ1) is 19.3. The van der Waals surface area contributed by atoms with Gasteiger partial charge < -0.3 is 9.64 Å². The number of hydrogen-bond acceptors (Lipinski definition) is 5. The molecule has 0 unspecified atom stereocenters. The Kier molecular flexibility index (Phi) is 6.03. The molecule has 0 aliphatic rings. The number of nitrogens with zero attached hydrogens (tertiary/aromatic N) is 3. The third kappa shape index (κ3) is 4.43. The second kappa shape index (κ2) is 8.45.